The molecule has 1 unspecified atom stereocenters. The van der Waals surface area contributed by atoms with Crippen LogP contribution in [0.1, 0.15) is 56.2 Å². The van der Waals surface area contributed by atoms with Crippen LogP contribution in [0.15, 0.2) is 60.9 Å². The second kappa shape index (κ2) is 13.2. The van der Waals surface area contributed by atoms with Gasteiger partial charge in [0, 0.05) is 24.4 Å². The molecule has 1 saturated heterocycles. The average Bonchev–Trinajstić information content (AvgIpc) is 2.92. The number of carbonyl (C=O) groups excluding carboxylic acids is 2. The van der Waals surface area contributed by atoms with Crippen molar-refractivity contribution in [3.63, 3.8) is 0 Å². The third-order valence-electron chi connectivity index (χ3n) is 6.72. The zero-order valence-electron chi connectivity index (χ0n) is 23.3. The molecule has 1 atom stereocenters. The number of amides is 2. The summed E-state index contributed by atoms with van der Waals surface area (Å²) in [6.45, 7) is 6.44. The minimum absolute atomic E-state index is 0.0518. The Morgan fingerprint density at radius 1 is 1.02 bits per heavy atom. The van der Waals surface area contributed by atoms with E-state index in [0.717, 1.165) is 6.20 Å². The van der Waals surface area contributed by atoms with Crippen molar-refractivity contribution in [3.05, 3.63) is 95.1 Å². The van der Waals surface area contributed by atoms with E-state index >= 15 is 0 Å². The van der Waals surface area contributed by atoms with Crippen LogP contribution in [0.3, 0.4) is 0 Å². The van der Waals surface area contributed by atoms with Gasteiger partial charge in [-0.3, -0.25) is 9.78 Å². The van der Waals surface area contributed by atoms with Crippen LogP contribution in [0.4, 0.5) is 23.7 Å². The zero-order chi connectivity index (χ0) is 29.6. The molecule has 218 valence electrons. The summed E-state index contributed by atoms with van der Waals surface area (Å²) in [5.41, 5.74) is 1.23. The molecule has 2 heterocycles. The number of benzene rings is 2. The molecule has 1 aliphatic heterocycles. The lowest BCUT2D eigenvalue weighted by Gasteiger charge is -2.34. The number of nitrogens with zero attached hydrogens (tertiary/aromatic N) is 2. The minimum Gasteiger partial charge on any atom is -0.444 e. The van der Waals surface area contributed by atoms with Crippen molar-refractivity contribution in [1.82, 2.24) is 9.88 Å². The maximum absolute atomic E-state index is 14.9. The van der Waals surface area contributed by atoms with Crippen LogP contribution < -0.4 is 5.32 Å². The number of aromatic nitrogens is 1. The van der Waals surface area contributed by atoms with E-state index in [9.17, 15) is 22.8 Å². The van der Waals surface area contributed by atoms with E-state index in [1.807, 2.05) is 0 Å². The Morgan fingerprint density at radius 3 is 2.22 bits per heavy atom. The zero-order valence-corrected chi connectivity index (χ0v) is 23.3. The molecule has 4 rings (SSSR count). The van der Waals surface area contributed by atoms with Gasteiger partial charge in [-0.2, -0.15) is 0 Å². The van der Waals surface area contributed by atoms with Gasteiger partial charge in [0.2, 0.25) is 5.91 Å². The van der Waals surface area contributed by atoms with Gasteiger partial charge in [0.25, 0.3) is 0 Å². The molecule has 1 aromatic heterocycles. The topological polar surface area (TPSA) is 80.8 Å². The maximum Gasteiger partial charge on any atom is 0.410 e. The predicted octanol–water partition coefficient (Wildman–Crippen LogP) is 6.23. The Kier molecular flexibility index (Phi) is 9.65. The van der Waals surface area contributed by atoms with E-state index in [4.69, 9.17) is 9.47 Å². The van der Waals surface area contributed by atoms with Gasteiger partial charge in [-0.15, -0.1) is 0 Å². The first-order valence-corrected chi connectivity index (χ1v) is 13.5. The predicted molar refractivity (Wildman–Crippen MR) is 148 cm³/mol. The fourth-order valence-corrected chi connectivity index (χ4v) is 4.72. The molecular formula is C31H34F3N3O4. The first kappa shape index (κ1) is 30.0. The summed E-state index contributed by atoms with van der Waals surface area (Å²) >= 11 is 0. The second-order valence-electron chi connectivity index (χ2n) is 11.0. The first-order valence-electron chi connectivity index (χ1n) is 13.5. The number of carbonyl (C=O) groups is 2. The van der Waals surface area contributed by atoms with Crippen LogP contribution in [0.25, 0.3) is 0 Å². The first-order chi connectivity index (χ1) is 19.5. The van der Waals surface area contributed by atoms with Gasteiger partial charge in [-0.25, -0.2) is 18.0 Å². The number of morpholine rings is 1. The molecule has 0 saturated carbocycles. The van der Waals surface area contributed by atoms with Gasteiger partial charge in [0.1, 0.15) is 23.1 Å². The van der Waals surface area contributed by atoms with Gasteiger partial charge >= 0.3 is 6.09 Å². The highest BCUT2D eigenvalue weighted by molar-refractivity contribution is 5.92. The van der Waals surface area contributed by atoms with Crippen molar-refractivity contribution in [1.29, 1.82) is 0 Å². The minimum atomic E-state index is -0.620. The highest BCUT2D eigenvalue weighted by Crippen LogP contribution is 2.30. The molecule has 0 spiro atoms. The number of rotatable bonds is 8. The van der Waals surface area contributed by atoms with Gasteiger partial charge < -0.3 is 19.7 Å². The van der Waals surface area contributed by atoms with Crippen LogP contribution in [0.5, 0.6) is 0 Å². The third-order valence-corrected chi connectivity index (χ3v) is 6.72. The van der Waals surface area contributed by atoms with Crippen LogP contribution in [-0.2, 0) is 20.7 Å². The number of hydrogen-bond acceptors (Lipinski definition) is 5. The SMILES string of the molecule is CC(C)(C)OC(=O)N1CCOC(CCc2c(F)cncc2NC(=O)CC(c2ccc(F)cc2)c2ccc(F)cc2)C1. The molecule has 2 aromatic carbocycles. The quantitative estimate of drug-likeness (QED) is 0.348. The monoisotopic (exact) mass is 569 g/mol. The van der Waals surface area contributed by atoms with Crippen molar-refractivity contribution in [2.45, 2.75) is 57.7 Å². The molecule has 3 aromatic rings. The van der Waals surface area contributed by atoms with E-state index in [1.54, 1.807) is 49.9 Å². The standard InChI is InChI=1S/C31H34F3N3O4/c1-31(2,3)41-30(39)37-14-15-40-24(19-37)12-13-25-27(34)17-35-18-28(25)36-29(38)16-26(20-4-8-22(32)9-5-20)21-6-10-23(33)11-7-21/h4-11,17-18,24,26H,12-16,19H2,1-3H3,(H,36,38). The lowest BCUT2D eigenvalue weighted by atomic mass is 9.88. The lowest BCUT2D eigenvalue weighted by Crippen LogP contribution is -2.47. The van der Waals surface area contributed by atoms with Crippen LogP contribution in [0.2, 0.25) is 0 Å². The molecule has 7 nitrogen and oxygen atoms in total. The number of pyridine rings is 1. The van der Waals surface area contributed by atoms with E-state index in [2.05, 4.69) is 10.3 Å². The van der Waals surface area contributed by atoms with E-state index in [0.29, 0.717) is 37.2 Å². The smallest absolute Gasteiger partial charge is 0.410 e. The van der Waals surface area contributed by atoms with Crippen molar-refractivity contribution in [2.75, 3.05) is 25.0 Å². The fourth-order valence-electron chi connectivity index (χ4n) is 4.72. The summed E-state index contributed by atoms with van der Waals surface area (Å²) in [5.74, 6) is -2.31. The molecule has 0 bridgehead atoms. The van der Waals surface area contributed by atoms with Crippen molar-refractivity contribution in [3.8, 4) is 0 Å². The Hall–Kier alpha value is -3.92. The fraction of sp³-hybridized carbons (Fsp3) is 0.387. The average molecular weight is 570 g/mol. The third kappa shape index (κ3) is 8.53. The molecule has 1 fully saturated rings. The number of halogens is 3. The lowest BCUT2D eigenvalue weighted by molar-refractivity contribution is -0.116. The summed E-state index contributed by atoms with van der Waals surface area (Å²) in [5, 5.41) is 2.77. The second-order valence-corrected chi connectivity index (χ2v) is 11.0. The van der Waals surface area contributed by atoms with Gasteiger partial charge in [-0.05, 0) is 69.0 Å². The summed E-state index contributed by atoms with van der Waals surface area (Å²) in [6.07, 6.45) is 2.28. The summed E-state index contributed by atoms with van der Waals surface area (Å²) in [7, 11) is 0. The van der Waals surface area contributed by atoms with E-state index in [-0.39, 0.29) is 30.2 Å². The summed E-state index contributed by atoms with van der Waals surface area (Å²) in [6, 6.07) is 11.5. The molecule has 41 heavy (non-hydrogen) atoms. The molecular weight excluding hydrogens is 535 g/mol. The maximum atomic E-state index is 14.9. The highest BCUT2D eigenvalue weighted by atomic mass is 19.1. The van der Waals surface area contributed by atoms with E-state index < -0.39 is 41.0 Å². The van der Waals surface area contributed by atoms with Gasteiger partial charge in [0.15, 0.2) is 0 Å². The van der Waals surface area contributed by atoms with Crippen LogP contribution in [-0.4, -0.2) is 53.3 Å². The van der Waals surface area contributed by atoms with Crippen LogP contribution >= 0.6 is 0 Å². The Labute approximate surface area is 237 Å². The largest absolute Gasteiger partial charge is 0.444 e. The number of ether oxygens (including phenoxy) is 2. The molecule has 1 N–H and O–H groups in total. The number of anilines is 1. The van der Waals surface area contributed by atoms with Gasteiger partial charge in [-0.1, -0.05) is 24.3 Å². The normalized spacial score (nSPS) is 15.6. The molecule has 1 aliphatic rings. The molecule has 10 heteroatoms. The Balaban J connectivity index is 1.44. The highest BCUT2D eigenvalue weighted by Gasteiger charge is 2.28. The van der Waals surface area contributed by atoms with Crippen molar-refractivity contribution < 1.29 is 32.2 Å². The van der Waals surface area contributed by atoms with Gasteiger partial charge in [0.05, 0.1) is 37.3 Å². The Bertz CT molecular complexity index is 1300. The molecule has 0 radical (unpaired) electrons. The van der Waals surface area contributed by atoms with E-state index in [1.165, 1.54) is 30.5 Å². The molecule has 2 amide bonds. The van der Waals surface area contributed by atoms with Crippen molar-refractivity contribution >= 4 is 17.7 Å². The summed E-state index contributed by atoms with van der Waals surface area (Å²) < 4.78 is 53.3. The summed E-state index contributed by atoms with van der Waals surface area (Å²) in [4.78, 5) is 31.2. The Morgan fingerprint density at radius 2 is 1.63 bits per heavy atom. The molecule has 0 aliphatic carbocycles. The number of nitrogens with one attached hydrogen (secondary N) is 1. The van der Waals surface area contributed by atoms with Crippen molar-refractivity contribution in [2.24, 2.45) is 0 Å². The van der Waals surface area contributed by atoms with Crippen LogP contribution in [0, 0.1) is 17.5 Å². The number of hydrogen-bond donors (Lipinski definition) is 1.